The summed E-state index contributed by atoms with van der Waals surface area (Å²) in [6.45, 7) is 4.26. The molecule has 3 aromatic rings. The molecule has 1 amide bonds. The normalized spacial score (nSPS) is 19.8. The highest BCUT2D eigenvalue weighted by atomic mass is 16.5. The van der Waals surface area contributed by atoms with E-state index in [-0.39, 0.29) is 5.91 Å². The lowest BCUT2D eigenvalue weighted by molar-refractivity contribution is -0.120. The molecule has 1 atom stereocenters. The van der Waals surface area contributed by atoms with Gasteiger partial charge in [0.1, 0.15) is 11.4 Å². The van der Waals surface area contributed by atoms with Gasteiger partial charge in [0.15, 0.2) is 5.82 Å². The fraction of sp³-hybridized carbons (Fsp3) is 0.353. The molecule has 0 saturated carbocycles. The van der Waals surface area contributed by atoms with E-state index >= 15 is 0 Å². The number of hydrogen-bond acceptors (Lipinski definition) is 8. The summed E-state index contributed by atoms with van der Waals surface area (Å²) in [5.41, 5.74) is 6.14. The van der Waals surface area contributed by atoms with Crippen molar-refractivity contribution >= 4 is 28.6 Å². The van der Waals surface area contributed by atoms with Crippen LogP contribution in [0.4, 0.5) is 11.8 Å². The van der Waals surface area contributed by atoms with Gasteiger partial charge in [-0.15, -0.1) is 0 Å². The zero-order valence-electron chi connectivity index (χ0n) is 14.6. The quantitative estimate of drug-likeness (QED) is 0.719. The minimum atomic E-state index is -0.743. The monoisotopic (exact) mass is 353 g/mol. The topological polar surface area (TPSA) is 123 Å². The smallest absolute Gasteiger partial charge is 0.227 e. The number of aromatic nitrogens is 4. The van der Waals surface area contributed by atoms with Crippen molar-refractivity contribution in [3.8, 4) is 0 Å². The van der Waals surface area contributed by atoms with E-state index in [9.17, 15) is 4.79 Å². The minimum Gasteiger partial charge on any atom is -0.383 e. The number of nitrogen functional groups attached to an aromatic ring is 1. The van der Waals surface area contributed by atoms with Crippen molar-refractivity contribution in [3.05, 3.63) is 36.0 Å². The molecule has 4 rings (SSSR count). The van der Waals surface area contributed by atoms with Crippen LogP contribution in [-0.4, -0.2) is 39.1 Å². The number of nitrogens with zero attached hydrogens (tertiary/aromatic N) is 5. The first-order valence-corrected chi connectivity index (χ1v) is 8.34. The number of para-hydroxylation sites is 1. The number of amides is 1. The predicted molar refractivity (Wildman–Crippen MR) is 95.3 cm³/mol. The van der Waals surface area contributed by atoms with Crippen LogP contribution < -0.4 is 16.0 Å². The van der Waals surface area contributed by atoms with Gasteiger partial charge in [-0.3, -0.25) is 4.79 Å². The number of benzene rings is 1. The Bertz CT molecular complexity index is 986. The second-order valence-corrected chi connectivity index (χ2v) is 6.50. The van der Waals surface area contributed by atoms with Gasteiger partial charge in [-0.2, -0.15) is 9.97 Å². The second kappa shape index (κ2) is 5.94. The second-order valence-electron chi connectivity index (χ2n) is 6.50. The zero-order valence-corrected chi connectivity index (χ0v) is 14.6. The molecule has 26 heavy (non-hydrogen) atoms. The maximum atomic E-state index is 11.8. The lowest BCUT2D eigenvalue weighted by Crippen LogP contribution is -2.48. The summed E-state index contributed by atoms with van der Waals surface area (Å²) in [6, 6.07) is 7.60. The molecule has 0 radical (unpaired) electrons. The van der Waals surface area contributed by atoms with Gasteiger partial charge in [-0.1, -0.05) is 17.3 Å². The molecule has 1 saturated heterocycles. The third-order valence-corrected chi connectivity index (χ3v) is 4.54. The van der Waals surface area contributed by atoms with Crippen molar-refractivity contribution in [2.45, 2.75) is 25.8 Å². The van der Waals surface area contributed by atoms with Crippen LogP contribution in [0.2, 0.25) is 0 Å². The Morgan fingerprint density at radius 3 is 2.85 bits per heavy atom. The molecule has 1 fully saturated rings. The van der Waals surface area contributed by atoms with Crippen LogP contribution in [0.25, 0.3) is 10.9 Å². The fourth-order valence-electron chi connectivity index (χ4n) is 3.38. The summed E-state index contributed by atoms with van der Waals surface area (Å²) in [6.07, 6.45) is 0.613. The highest BCUT2D eigenvalue weighted by Gasteiger charge is 2.45. The number of fused-ring (bicyclic) bond motifs is 1. The largest absolute Gasteiger partial charge is 0.383 e. The lowest BCUT2D eigenvalue weighted by atomic mass is 9.97. The third-order valence-electron chi connectivity index (χ3n) is 4.54. The van der Waals surface area contributed by atoms with E-state index in [0.29, 0.717) is 43.0 Å². The summed E-state index contributed by atoms with van der Waals surface area (Å²) in [5.74, 6) is 1.70. The van der Waals surface area contributed by atoms with E-state index in [1.807, 2.05) is 29.2 Å². The molecule has 9 heteroatoms. The van der Waals surface area contributed by atoms with Crippen molar-refractivity contribution in [1.29, 1.82) is 0 Å². The molecule has 1 aliphatic rings. The average Bonchev–Trinajstić information content (AvgIpc) is 3.22. The molecule has 134 valence electrons. The molecule has 3 N–H and O–H groups in total. The highest BCUT2D eigenvalue weighted by Crippen LogP contribution is 2.33. The van der Waals surface area contributed by atoms with Crippen LogP contribution in [0, 0.1) is 6.92 Å². The van der Waals surface area contributed by atoms with Crippen molar-refractivity contribution in [2.24, 2.45) is 0 Å². The van der Waals surface area contributed by atoms with Crippen LogP contribution in [0.5, 0.6) is 0 Å². The number of carbonyl (C=O) groups is 1. The van der Waals surface area contributed by atoms with E-state index < -0.39 is 5.54 Å². The summed E-state index contributed by atoms with van der Waals surface area (Å²) >= 11 is 0. The summed E-state index contributed by atoms with van der Waals surface area (Å²) in [4.78, 5) is 27.2. The van der Waals surface area contributed by atoms with Gasteiger partial charge >= 0.3 is 0 Å². The van der Waals surface area contributed by atoms with E-state index in [2.05, 4.69) is 25.4 Å². The SMILES string of the molecule is CC(=O)N[C@]1(c2noc(C)n2)CCN(c2nc(N)c3ccccc3n2)C1. The van der Waals surface area contributed by atoms with E-state index in [4.69, 9.17) is 10.3 Å². The Morgan fingerprint density at radius 2 is 2.12 bits per heavy atom. The Labute approximate surface area is 149 Å². The Kier molecular flexibility index (Phi) is 3.71. The Morgan fingerprint density at radius 1 is 1.31 bits per heavy atom. The molecular formula is C17H19N7O2. The predicted octanol–water partition coefficient (Wildman–Crippen LogP) is 1.15. The molecule has 1 aliphatic heterocycles. The molecule has 0 bridgehead atoms. The minimum absolute atomic E-state index is 0.159. The van der Waals surface area contributed by atoms with Crippen molar-refractivity contribution in [2.75, 3.05) is 23.7 Å². The number of nitrogens with two attached hydrogens (primary N) is 1. The molecule has 0 spiro atoms. The lowest BCUT2D eigenvalue weighted by Gasteiger charge is -2.26. The van der Waals surface area contributed by atoms with Crippen LogP contribution in [-0.2, 0) is 10.3 Å². The summed E-state index contributed by atoms with van der Waals surface area (Å²) in [7, 11) is 0. The molecular weight excluding hydrogens is 334 g/mol. The first kappa shape index (κ1) is 16.2. The number of rotatable bonds is 3. The van der Waals surface area contributed by atoms with Gasteiger partial charge < -0.3 is 20.5 Å². The molecule has 9 nitrogen and oxygen atoms in total. The summed E-state index contributed by atoms with van der Waals surface area (Å²) < 4.78 is 5.12. The van der Waals surface area contributed by atoms with Crippen LogP contribution in [0.3, 0.4) is 0 Å². The number of nitrogens with one attached hydrogen (secondary N) is 1. The van der Waals surface area contributed by atoms with Gasteiger partial charge in [0.05, 0.1) is 12.1 Å². The maximum Gasteiger partial charge on any atom is 0.227 e. The Balaban J connectivity index is 1.71. The van der Waals surface area contributed by atoms with Gasteiger partial charge in [-0.25, -0.2) is 4.98 Å². The molecule has 0 aliphatic carbocycles. The standard InChI is InChI=1S/C17H19N7O2/c1-10(25)22-17(15-19-11(2)26-23-15)7-8-24(9-17)16-20-13-6-4-3-5-12(13)14(18)21-16/h3-6H,7-9H2,1-2H3,(H,22,25)(H2,18,20,21)/t17-/m1/s1. The first-order valence-electron chi connectivity index (χ1n) is 8.34. The highest BCUT2D eigenvalue weighted by molar-refractivity contribution is 5.88. The third kappa shape index (κ3) is 2.71. The molecule has 3 heterocycles. The van der Waals surface area contributed by atoms with E-state index in [1.54, 1.807) is 6.92 Å². The number of aryl methyl sites for hydroxylation is 1. The molecule has 2 aromatic heterocycles. The number of hydrogen-bond donors (Lipinski definition) is 2. The van der Waals surface area contributed by atoms with Crippen molar-refractivity contribution in [1.82, 2.24) is 25.4 Å². The number of carbonyl (C=O) groups excluding carboxylic acids is 1. The maximum absolute atomic E-state index is 11.8. The van der Waals surface area contributed by atoms with Gasteiger partial charge in [0.25, 0.3) is 0 Å². The summed E-state index contributed by atoms with van der Waals surface area (Å²) in [5, 5.41) is 7.83. The fourth-order valence-corrected chi connectivity index (χ4v) is 3.38. The van der Waals surface area contributed by atoms with Gasteiger partial charge in [-0.05, 0) is 18.6 Å². The van der Waals surface area contributed by atoms with Crippen molar-refractivity contribution < 1.29 is 9.32 Å². The average molecular weight is 353 g/mol. The van der Waals surface area contributed by atoms with Gasteiger partial charge in [0.2, 0.25) is 17.7 Å². The molecule has 0 unspecified atom stereocenters. The van der Waals surface area contributed by atoms with Gasteiger partial charge in [0, 0.05) is 25.8 Å². The zero-order chi connectivity index (χ0) is 18.3. The van der Waals surface area contributed by atoms with Crippen LogP contribution in [0.1, 0.15) is 25.1 Å². The van der Waals surface area contributed by atoms with Crippen molar-refractivity contribution in [3.63, 3.8) is 0 Å². The van der Waals surface area contributed by atoms with E-state index in [1.165, 1.54) is 6.92 Å². The first-order chi connectivity index (χ1) is 12.5. The van der Waals surface area contributed by atoms with Crippen LogP contribution >= 0.6 is 0 Å². The van der Waals surface area contributed by atoms with E-state index in [0.717, 1.165) is 10.9 Å². The van der Waals surface area contributed by atoms with Crippen LogP contribution in [0.15, 0.2) is 28.8 Å². The Hall–Kier alpha value is -3.23. The number of anilines is 2. The molecule has 1 aromatic carbocycles.